The first-order valence-corrected chi connectivity index (χ1v) is 7.64. The summed E-state index contributed by atoms with van der Waals surface area (Å²) in [6.07, 6.45) is 0. The topological polar surface area (TPSA) is 63.7 Å². The second kappa shape index (κ2) is 5.96. The fourth-order valence-electron chi connectivity index (χ4n) is 2.57. The number of carbonyl (C=O) groups is 3. The van der Waals surface area contributed by atoms with E-state index in [1.165, 1.54) is 12.0 Å². The molecule has 0 N–H and O–H groups in total. The van der Waals surface area contributed by atoms with Crippen LogP contribution in [0.3, 0.4) is 0 Å². The summed E-state index contributed by atoms with van der Waals surface area (Å²) in [6, 6.07) is 12.0. The van der Waals surface area contributed by atoms with Crippen LogP contribution in [0.5, 0.6) is 0 Å². The molecule has 1 aliphatic heterocycles. The first-order valence-electron chi connectivity index (χ1n) is 6.85. The van der Waals surface area contributed by atoms with Gasteiger partial charge >= 0.3 is 5.97 Å². The highest BCUT2D eigenvalue weighted by atomic mass is 79.9. The monoisotopic (exact) mass is 373 g/mol. The van der Waals surface area contributed by atoms with Gasteiger partial charge in [-0.15, -0.1) is 0 Å². The van der Waals surface area contributed by atoms with Gasteiger partial charge in [0.15, 0.2) is 0 Å². The number of ether oxygens (including phenoxy) is 1. The Bertz CT molecular complexity index is 831. The van der Waals surface area contributed by atoms with Crippen molar-refractivity contribution >= 4 is 39.3 Å². The van der Waals surface area contributed by atoms with Gasteiger partial charge in [0, 0.05) is 4.47 Å². The van der Waals surface area contributed by atoms with Crippen LogP contribution in [0.1, 0.15) is 26.3 Å². The van der Waals surface area contributed by atoms with Crippen LogP contribution in [0.2, 0.25) is 0 Å². The molecule has 6 heteroatoms. The van der Waals surface area contributed by atoms with Crippen molar-refractivity contribution in [3.63, 3.8) is 0 Å². The van der Waals surface area contributed by atoms with Gasteiger partial charge in [-0.05, 0) is 29.8 Å². The zero-order valence-corrected chi connectivity index (χ0v) is 13.8. The van der Waals surface area contributed by atoms with E-state index in [0.29, 0.717) is 22.4 Å². The van der Waals surface area contributed by atoms with E-state index in [-0.39, 0.29) is 6.54 Å². The van der Waals surface area contributed by atoms with Gasteiger partial charge in [-0.25, -0.2) is 4.79 Å². The van der Waals surface area contributed by atoms with Crippen LogP contribution < -0.4 is 4.90 Å². The maximum Gasteiger partial charge on any atom is 0.338 e. The van der Waals surface area contributed by atoms with E-state index in [0.717, 1.165) is 4.47 Å². The quantitative estimate of drug-likeness (QED) is 0.612. The minimum Gasteiger partial charge on any atom is -0.465 e. The Morgan fingerprint density at radius 1 is 1.17 bits per heavy atom. The number of hydrogen-bond donors (Lipinski definition) is 0. The smallest absolute Gasteiger partial charge is 0.338 e. The second-order valence-electron chi connectivity index (χ2n) is 5.03. The molecule has 0 saturated heterocycles. The lowest BCUT2D eigenvalue weighted by Crippen LogP contribution is -2.29. The molecule has 3 rings (SSSR count). The Labute approximate surface area is 141 Å². The van der Waals surface area contributed by atoms with Gasteiger partial charge in [0.2, 0.25) is 0 Å². The summed E-state index contributed by atoms with van der Waals surface area (Å²) in [5.41, 5.74) is 1.90. The van der Waals surface area contributed by atoms with Crippen molar-refractivity contribution in [2.24, 2.45) is 0 Å². The molecule has 0 saturated carbocycles. The summed E-state index contributed by atoms with van der Waals surface area (Å²) in [6.45, 7) is 0.129. The highest BCUT2D eigenvalue weighted by molar-refractivity contribution is 9.10. The molecular weight excluding hydrogens is 362 g/mol. The number of fused-ring (bicyclic) bond motifs is 1. The molecule has 2 aromatic rings. The summed E-state index contributed by atoms with van der Waals surface area (Å²) in [4.78, 5) is 37.6. The number of nitrogens with zero attached hydrogens (tertiary/aromatic N) is 1. The molecule has 1 heterocycles. The van der Waals surface area contributed by atoms with Crippen LogP contribution in [0, 0.1) is 0 Å². The molecule has 1 amide bonds. The second-order valence-corrected chi connectivity index (χ2v) is 5.95. The van der Waals surface area contributed by atoms with Crippen molar-refractivity contribution in [2.75, 3.05) is 12.0 Å². The lowest BCUT2D eigenvalue weighted by atomic mass is 10.1. The number of halogens is 1. The third-order valence-corrected chi connectivity index (χ3v) is 4.18. The normalized spacial score (nSPS) is 13.2. The van der Waals surface area contributed by atoms with Crippen molar-refractivity contribution in [1.29, 1.82) is 0 Å². The van der Waals surface area contributed by atoms with E-state index in [2.05, 4.69) is 15.9 Å². The zero-order chi connectivity index (χ0) is 16.6. The van der Waals surface area contributed by atoms with Gasteiger partial charge in [0.25, 0.3) is 11.7 Å². The molecule has 0 aliphatic carbocycles. The van der Waals surface area contributed by atoms with E-state index < -0.39 is 17.7 Å². The zero-order valence-electron chi connectivity index (χ0n) is 12.2. The number of methoxy groups -OCH3 is 1. The van der Waals surface area contributed by atoms with E-state index in [9.17, 15) is 14.4 Å². The molecule has 0 aromatic heterocycles. The van der Waals surface area contributed by atoms with E-state index in [1.54, 1.807) is 42.5 Å². The number of hydrogen-bond acceptors (Lipinski definition) is 4. The van der Waals surface area contributed by atoms with Crippen molar-refractivity contribution < 1.29 is 19.1 Å². The third kappa shape index (κ3) is 2.66. The van der Waals surface area contributed by atoms with Gasteiger partial charge in [-0.2, -0.15) is 0 Å². The van der Waals surface area contributed by atoms with E-state index >= 15 is 0 Å². The Morgan fingerprint density at radius 2 is 1.91 bits per heavy atom. The van der Waals surface area contributed by atoms with Crippen LogP contribution in [-0.4, -0.2) is 24.8 Å². The van der Waals surface area contributed by atoms with Crippen LogP contribution in [0.15, 0.2) is 46.9 Å². The summed E-state index contributed by atoms with van der Waals surface area (Å²) in [7, 11) is 1.30. The number of esters is 1. The van der Waals surface area contributed by atoms with E-state index in [4.69, 9.17) is 4.74 Å². The Balaban J connectivity index is 2.01. The Morgan fingerprint density at radius 3 is 2.65 bits per heavy atom. The minimum absolute atomic E-state index is 0.129. The fraction of sp³-hybridized carbons (Fsp3) is 0.118. The molecular formula is C17H12BrNO4. The van der Waals surface area contributed by atoms with Crippen LogP contribution >= 0.6 is 15.9 Å². The molecule has 0 bridgehead atoms. The SMILES string of the molecule is COC(=O)c1ccccc1CN1C(=O)C(=O)c2cc(Br)ccc21. The summed E-state index contributed by atoms with van der Waals surface area (Å²) in [5.74, 6) is -1.62. The number of rotatable bonds is 3. The van der Waals surface area contributed by atoms with Crippen molar-refractivity contribution in [2.45, 2.75) is 6.54 Å². The Hall–Kier alpha value is -2.47. The van der Waals surface area contributed by atoms with Crippen molar-refractivity contribution in [3.05, 3.63) is 63.6 Å². The maximum absolute atomic E-state index is 12.3. The minimum atomic E-state index is -0.599. The van der Waals surface area contributed by atoms with Crippen molar-refractivity contribution in [3.8, 4) is 0 Å². The average Bonchev–Trinajstić information content (AvgIpc) is 2.79. The molecule has 0 radical (unpaired) electrons. The highest BCUT2D eigenvalue weighted by Crippen LogP contribution is 2.32. The molecule has 23 heavy (non-hydrogen) atoms. The van der Waals surface area contributed by atoms with Gasteiger partial charge in [-0.1, -0.05) is 34.1 Å². The molecule has 0 unspecified atom stereocenters. The first kappa shape index (κ1) is 15.4. The van der Waals surface area contributed by atoms with Gasteiger partial charge in [0.1, 0.15) is 0 Å². The Kier molecular flexibility index (Phi) is 4.00. The molecule has 5 nitrogen and oxygen atoms in total. The maximum atomic E-state index is 12.3. The predicted molar refractivity (Wildman–Crippen MR) is 87.4 cm³/mol. The van der Waals surface area contributed by atoms with Crippen LogP contribution in [0.4, 0.5) is 5.69 Å². The summed E-state index contributed by atoms with van der Waals surface area (Å²) >= 11 is 3.30. The third-order valence-electron chi connectivity index (χ3n) is 3.68. The molecule has 0 atom stereocenters. The summed E-state index contributed by atoms with van der Waals surface area (Å²) < 4.78 is 5.49. The largest absolute Gasteiger partial charge is 0.465 e. The van der Waals surface area contributed by atoms with E-state index in [1.807, 2.05) is 0 Å². The van der Waals surface area contributed by atoms with Gasteiger partial charge in [-0.3, -0.25) is 9.59 Å². The highest BCUT2D eigenvalue weighted by Gasteiger charge is 2.36. The fourth-order valence-corrected chi connectivity index (χ4v) is 2.93. The number of ketones is 1. The first-order chi connectivity index (χ1) is 11.0. The van der Waals surface area contributed by atoms with Gasteiger partial charge < -0.3 is 9.64 Å². The van der Waals surface area contributed by atoms with Gasteiger partial charge in [0.05, 0.1) is 30.5 Å². The molecule has 2 aromatic carbocycles. The summed E-state index contributed by atoms with van der Waals surface area (Å²) in [5, 5.41) is 0. The molecule has 1 aliphatic rings. The van der Waals surface area contributed by atoms with Crippen molar-refractivity contribution in [1.82, 2.24) is 0 Å². The molecule has 0 spiro atoms. The average molecular weight is 374 g/mol. The predicted octanol–water partition coefficient (Wildman–Crippen LogP) is 2.97. The number of benzene rings is 2. The number of carbonyl (C=O) groups excluding carboxylic acids is 3. The number of Topliss-reactive ketones (excluding diaryl/α,β-unsaturated/α-hetero) is 1. The standard InChI is InChI=1S/C17H12BrNO4/c1-23-17(22)12-5-3-2-4-10(12)9-19-14-7-6-11(18)8-13(14)15(20)16(19)21/h2-8H,9H2,1H3. The lowest BCUT2D eigenvalue weighted by molar-refractivity contribution is -0.114. The van der Waals surface area contributed by atoms with Crippen LogP contribution in [0.25, 0.3) is 0 Å². The molecule has 116 valence electrons. The molecule has 0 fully saturated rings. The number of amides is 1. The number of anilines is 1. The lowest BCUT2D eigenvalue weighted by Gasteiger charge is -2.18. The van der Waals surface area contributed by atoms with Crippen LogP contribution in [-0.2, 0) is 16.1 Å².